The van der Waals surface area contributed by atoms with Crippen molar-refractivity contribution in [1.82, 2.24) is 5.32 Å². The molecule has 0 heterocycles. The van der Waals surface area contributed by atoms with E-state index >= 15 is 0 Å². The third-order valence-corrected chi connectivity index (χ3v) is 2.35. The number of nitrogens with one attached hydrogen (secondary N) is 1. The van der Waals surface area contributed by atoms with E-state index in [9.17, 15) is 0 Å². The summed E-state index contributed by atoms with van der Waals surface area (Å²) in [5.41, 5.74) is 5.80. The van der Waals surface area contributed by atoms with Crippen molar-refractivity contribution in [3.63, 3.8) is 0 Å². The molecule has 0 aromatic rings. The van der Waals surface area contributed by atoms with Crippen molar-refractivity contribution >= 4 is 0 Å². The maximum absolute atomic E-state index is 5.80. The molecule has 3 N–H and O–H groups in total. The number of hydrogen-bond acceptors (Lipinski definition) is 2. The van der Waals surface area contributed by atoms with E-state index in [4.69, 9.17) is 5.73 Å². The van der Waals surface area contributed by atoms with Crippen molar-refractivity contribution < 1.29 is 0 Å². The van der Waals surface area contributed by atoms with E-state index in [1.807, 2.05) is 7.05 Å². The van der Waals surface area contributed by atoms with Gasteiger partial charge in [0.2, 0.25) is 0 Å². The van der Waals surface area contributed by atoms with Crippen LogP contribution in [0.5, 0.6) is 0 Å². The molecule has 0 aromatic heterocycles. The van der Waals surface area contributed by atoms with Crippen LogP contribution in [0.1, 0.15) is 19.8 Å². The van der Waals surface area contributed by atoms with E-state index in [0.717, 1.165) is 6.42 Å². The summed E-state index contributed by atoms with van der Waals surface area (Å²) >= 11 is 0. The van der Waals surface area contributed by atoms with Crippen molar-refractivity contribution in [1.29, 1.82) is 0 Å². The van der Waals surface area contributed by atoms with Gasteiger partial charge in [-0.25, -0.2) is 0 Å². The fourth-order valence-electron chi connectivity index (χ4n) is 1.52. The first kappa shape index (κ1) is 7.03. The van der Waals surface area contributed by atoms with Gasteiger partial charge < -0.3 is 11.1 Å². The molecule has 1 saturated carbocycles. The van der Waals surface area contributed by atoms with Gasteiger partial charge in [-0.15, -0.1) is 0 Å². The van der Waals surface area contributed by atoms with E-state index in [2.05, 4.69) is 12.2 Å². The summed E-state index contributed by atoms with van der Waals surface area (Å²) in [6.07, 6.45) is 2.40. The van der Waals surface area contributed by atoms with Gasteiger partial charge in [-0.3, -0.25) is 0 Å². The fraction of sp³-hybridized carbons (Fsp3) is 1.00. The molecule has 54 valence electrons. The first-order valence-electron chi connectivity index (χ1n) is 3.67. The van der Waals surface area contributed by atoms with E-state index in [0.29, 0.717) is 18.0 Å². The zero-order valence-corrected chi connectivity index (χ0v) is 6.22. The van der Waals surface area contributed by atoms with Crippen LogP contribution in [0, 0.1) is 5.92 Å². The Morgan fingerprint density at radius 1 is 1.44 bits per heavy atom. The van der Waals surface area contributed by atoms with Gasteiger partial charge in [-0.1, -0.05) is 6.92 Å². The second-order valence-electron chi connectivity index (χ2n) is 3.10. The molecule has 0 amide bonds. The molecule has 0 aliphatic heterocycles. The summed E-state index contributed by atoms with van der Waals surface area (Å²) in [6, 6.07) is 1.11. The van der Waals surface area contributed by atoms with Gasteiger partial charge in [0.15, 0.2) is 0 Å². The average Bonchev–Trinajstić information content (AvgIpc) is 2.13. The van der Waals surface area contributed by atoms with Crippen LogP contribution in [0.15, 0.2) is 0 Å². The van der Waals surface area contributed by atoms with Crippen LogP contribution < -0.4 is 11.1 Å². The number of rotatable bonds is 1. The van der Waals surface area contributed by atoms with Crippen molar-refractivity contribution in [3.05, 3.63) is 0 Å². The molecule has 2 nitrogen and oxygen atoms in total. The molecule has 3 atom stereocenters. The molecule has 0 radical (unpaired) electrons. The minimum Gasteiger partial charge on any atom is -0.327 e. The molecule has 0 spiro atoms. The van der Waals surface area contributed by atoms with Crippen LogP contribution in [0.3, 0.4) is 0 Å². The predicted molar refractivity (Wildman–Crippen MR) is 39.2 cm³/mol. The summed E-state index contributed by atoms with van der Waals surface area (Å²) in [5.74, 6) is 0.711. The van der Waals surface area contributed by atoms with Crippen LogP contribution >= 0.6 is 0 Å². The van der Waals surface area contributed by atoms with Gasteiger partial charge >= 0.3 is 0 Å². The van der Waals surface area contributed by atoms with E-state index in [-0.39, 0.29) is 0 Å². The fourth-order valence-corrected chi connectivity index (χ4v) is 1.52. The Morgan fingerprint density at radius 3 is 2.33 bits per heavy atom. The summed E-state index contributed by atoms with van der Waals surface area (Å²) in [6.45, 7) is 2.22. The lowest BCUT2D eigenvalue weighted by Gasteiger charge is -2.05. The topological polar surface area (TPSA) is 38.0 Å². The molecular formula is C7H16N2. The van der Waals surface area contributed by atoms with Gasteiger partial charge in [-0.2, -0.15) is 0 Å². The maximum atomic E-state index is 5.80. The van der Waals surface area contributed by atoms with Crippen molar-refractivity contribution in [2.45, 2.75) is 31.8 Å². The Kier molecular flexibility index (Phi) is 2.09. The molecule has 0 bridgehead atoms. The van der Waals surface area contributed by atoms with E-state index < -0.39 is 0 Å². The normalized spacial score (nSPS) is 43.7. The van der Waals surface area contributed by atoms with E-state index in [1.165, 1.54) is 6.42 Å². The molecular weight excluding hydrogens is 112 g/mol. The highest BCUT2D eigenvalue weighted by Crippen LogP contribution is 2.23. The standard InChI is InChI=1S/C7H16N2/c1-5-3-6(9-2)4-7(5)8/h5-7,9H,3-4,8H2,1-2H3/t5-,6-,7+/m1/s1. The second kappa shape index (κ2) is 2.67. The Balaban J connectivity index is 2.35. The molecule has 0 saturated heterocycles. The first-order chi connectivity index (χ1) is 4.24. The first-order valence-corrected chi connectivity index (χ1v) is 3.67. The van der Waals surface area contributed by atoms with Crippen LogP contribution in [0.4, 0.5) is 0 Å². The maximum Gasteiger partial charge on any atom is 0.00820 e. The molecule has 1 fully saturated rings. The minimum atomic E-state index is 0.433. The summed E-state index contributed by atoms with van der Waals surface area (Å²) in [5, 5.41) is 3.24. The zero-order valence-electron chi connectivity index (χ0n) is 6.22. The minimum absolute atomic E-state index is 0.433. The Hall–Kier alpha value is -0.0800. The molecule has 0 aromatic carbocycles. The van der Waals surface area contributed by atoms with Gasteiger partial charge in [0.1, 0.15) is 0 Å². The highest BCUT2D eigenvalue weighted by Gasteiger charge is 2.26. The van der Waals surface area contributed by atoms with E-state index in [1.54, 1.807) is 0 Å². The molecule has 1 aliphatic rings. The Labute approximate surface area is 56.8 Å². The quantitative estimate of drug-likeness (QED) is 0.534. The highest BCUT2D eigenvalue weighted by atomic mass is 14.9. The lowest BCUT2D eigenvalue weighted by Crippen LogP contribution is -2.25. The SMILES string of the molecule is CN[C@@H]1C[C@@H](C)[C@@H](N)C1. The predicted octanol–water partition coefficient (Wildman–Crippen LogP) is 0.332. The number of nitrogens with two attached hydrogens (primary N) is 1. The molecule has 1 rings (SSSR count). The monoisotopic (exact) mass is 128 g/mol. The van der Waals surface area contributed by atoms with Crippen molar-refractivity contribution in [2.24, 2.45) is 11.7 Å². The average molecular weight is 128 g/mol. The lowest BCUT2D eigenvalue weighted by molar-refractivity contribution is 0.520. The lowest BCUT2D eigenvalue weighted by atomic mass is 10.1. The largest absolute Gasteiger partial charge is 0.327 e. The Bertz CT molecular complexity index is 82.9. The Morgan fingerprint density at radius 2 is 2.11 bits per heavy atom. The van der Waals surface area contributed by atoms with Crippen LogP contribution in [0.2, 0.25) is 0 Å². The molecule has 0 unspecified atom stereocenters. The van der Waals surface area contributed by atoms with Crippen LogP contribution in [0.25, 0.3) is 0 Å². The van der Waals surface area contributed by atoms with Gasteiger partial charge in [0, 0.05) is 12.1 Å². The molecule has 1 aliphatic carbocycles. The van der Waals surface area contributed by atoms with Gasteiger partial charge in [-0.05, 0) is 25.8 Å². The van der Waals surface area contributed by atoms with Crippen molar-refractivity contribution in [2.75, 3.05) is 7.05 Å². The summed E-state index contributed by atoms with van der Waals surface area (Å²) in [7, 11) is 2.01. The highest BCUT2D eigenvalue weighted by molar-refractivity contribution is 4.86. The van der Waals surface area contributed by atoms with Crippen LogP contribution in [-0.2, 0) is 0 Å². The number of hydrogen-bond donors (Lipinski definition) is 2. The second-order valence-corrected chi connectivity index (χ2v) is 3.10. The summed E-state index contributed by atoms with van der Waals surface area (Å²) < 4.78 is 0. The zero-order chi connectivity index (χ0) is 6.85. The summed E-state index contributed by atoms with van der Waals surface area (Å²) in [4.78, 5) is 0. The molecule has 9 heavy (non-hydrogen) atoms. The molecule has 2 heteroatoms. The van der Waals surface area contributed by atoms with Gasteiger partial charge in [0.25, 0.3) is 0 Å². The smallest absolute Gasteiger partial charge is 0.00820 e. The third kappa shape index (κ3) is 1.43. The van der Waals surface area contributed by atoms with Crippen molar-refractivity contribution in [3.8, 4) is 0 Å². The third-order valence-electron chi connectivity index (χ3n) is 2.35. The van der Waals surface area contributed by atoms with Crippen LogP contribution in [-0.4, -0.2) is 19.1 Å². The van der Waals surface area contributed by atoms with Gasteiger partial charge in [0.05, 0.1) is 0 Å².